The van der Waals surface area contributed by atoms with Crippen molar-refractivity contribution >= 4 is 17.2 Å². The zero-order valence-corrected chi connectivity index (χ0v) is 16.9. The highest BCUT2D eigenvalue weighted by Gasteiger charge is 2.35. The quantitative estimate of drug-likeness (QED) is 0.766. The summed E-state index contributed by atoms with van der Waals surface area (Å²) in [7, 11) is 1.68. The summed E-state index contributed by atoms with van der Waals surface area (Å²) in [6.07, 6.45) is 4.70. The lowest BCUT2D eigenvalue weighted by Crippen LogP contribution is -2.39. The van der Waals surface area contributed by atoms with E-state index in [9.17, 15) is 4.79 Å². The fraction of sp³-hybridized carbons (Fsp3) is 0.500. The van der Waals surface area contributed by atoms with Crippen LogP contribution in [0, 0.1) is 12.8 Å². The van der Waals surface area contributed by atoms with Crippen LogP contribution < -0.4 is 10.1 Å². The number of carbonyl (C=O) groups is 1. The molecule has 4 nitrogen and oxygen atoms in total. The molecular weight excluding hydrogens is 356 g/mol. The van der Waals surface area contributed by atoms with E-state index in [2.05, 4.69) is 41.4 Å². The van der Waals surface area contributed by atoms with Gasteiger partial charge >= 0.3 is 0 Å². The van der Waals surface area contributed by atoms with Crippen LogP contribution in [-0.2, 0) is 4.79 Å². The average molecular weight is 385 g/mol. The highest BCUT2D eigenvalue weighted by Crippen LogP contribution is 2.41. The largest absolute Gasteiger partial charge is 0.497 e. The number of rotatable bonds is 7. The molecule has 1 saturated carbocycles. The maximum absolute atomic E-state index is 12.8. The summed E-state index contributed by atoms with van der Waals surface area (Å²) >= 11 is 1.86. The van der Waals surface area contributed by atoms with E-state index < -0.39 is 0 Å². The van der Waals surface area contributed by atoms with Crippen LogP contribution in [0.25, 0.3) is 0 Å². The van der Waals surface area contributed by atoms with E-state index in [4.69, 9.17) is 4.74 Å². The molecule has 1 aliphatic heterocycles. The van der Waals surface area contributed by atoms with Gasteiger partial charge in [0, 0.05) is 15.8 Å². The SMILES string of the molecule is COc1ccc(C(NC(=O)CN2CCCC2c2ccc(C)s2)C2CC2)cc1. The summed E-state index contributed by atoms with van der Waals surface area (Å²) in [5, 5.41) is 3.32. The fourth-order valence-corrected chi connectivity index (χ4v) is 5.13. The van der Waals surface area contributed by atoms with Crippen molar-refractivity contribution in [3.8, 4) is 5.75 Å². The van der Waals surface area contributed by atoms with E-state index in [1.807, 2.05) is 23.5 Å². The number of thiophene rings is 1. The number of benzene rings is 1. The molecule has 1 aliphatic carbocycles. The van der Waals surface area contributed by atoms with Gasteiger partial charge in [-0.15, -0.1) is 11.3 Å². The number of aryl methyl sites for hydroxylation is 1. The third-order valence-electron chi connectivity index (χ3n) is 5.68. The maximum atomic E-state index is 12.8. The maximum Gasteiger partial charge on any atom is 0.234 e. The normalized spacial score (nSPS) is 21.2. The number of methoxy groups -OCH3 is 1. The van der Waals surface area contributed by atoms with Gasteiger partial charge < -0.3 is 10.1 Å². The minimum absolute atomic E-state index is 0.119. The van der Waals surface area contributed by atoms with Crippen molar-refractivity contribution < 1.29 is 9.53 Å². The summed E-state index contributed by atoms with van der Waals surface area (Å²) in [6.45, 7) is 3.64. The second kappa shape index (κ2) is 8.03. The van der Waals surface area contributed by atoms with Crippen LogP contribution in [0.3, 0.4) is 0 Å². The molecule has 1 aromatic heterocycles. The Balaban J connectivity index is 1.40. The number of ether oxygens (including phenoxy) is 1. The Morgan fingerprint density at radius 2 is 2.00 bits per heavy atom. The molecule has 4 rings (SSSR count). The van der Waals surface area contributed by atoms with Crippen molar-refractivity contribution in [2.45, 2.75) is 44.7 Å². The zero-order valence-electron chi connectivity index (χ0n) is 16.1. The van der Waals surface area contributed by atoms with Gasteiger partial charge in [0.25, 0.3) is 0 Å². The third-order valence-corrected chi connectivity index (χ3v) is 6.79. The van der Waals surface area contributed by atoms with Gasteiger partial charge in [-0.05, 0) is 74.9 Å². The van der Waals surface area contributed by atoms with Crippen LogP contribution in [0.2, 0.25) is 0 Å². The number of nitrogens with zero attached hydrogens (tertiary/aromatic N) is 1. The summed E-state index contributed by atoms with van der Waals surface area (Å²) in [5.74, 6) is 1.56. The van der Waals surface area contributed by atoms with E-state index in [1.165, 1.54) is 34.6 Å². The Hall–Kier alpha value is -1.85. The Kier molecular flexibility index (Phi) is 5.50. The molecule has 5 heteroatoms. The Labute approximate surface area is 165 Å². The molecule has 1 amide bonds. The van der Waals surface area contributed by atoms with Crippen LogP contribution in [0.5, 0.6) is 5.75 Å². The van der Waals surface area contributed by atoms with Crippen molar-refractivity contribution in [2.24, 2.45) is 5.92 Å². The van der Waals surface area contributed by atoms with Crippen LogP contribution in [0.4, 0.5) is 0 Å². The lowest BCUT2D eigenvalue weighted by molar-refractivity contribution is -0.123. The predicted molar refractivity (Wildman–Crippen MR) is 109 cm³/mol. The van der Waals surface area contributed by atoms with Gasteiger partial charge in [0.15, 0.2) is 0 Å². The number of carbonyl (C=O) groups excluding carboxylic acids is 1. The first-order chi connectivity index (χ1) is 13.1. The first kappa shape index (κ1) is 18.5. The van der Waals surface area contributed by atoms with Crippen molar-refractivity contribution in [1.82, 2.24) is 10.2 Å². The van der Waals surface area contributed by atoms with Crippen LogP contribution in [-0.4, -0.2) is 31.0 Å². The van der Waals surface area contributed by atoms with E-state index in [1.54, 1.807) is 7.11 Å². The molecule has 1 N–H and O–H groups in total. The molecule has 1 saturated heterocycles. The Morgan fingerprint density at radius 3 is 2.63 bits per heavy atom. The number of hydrogen-bond acceptors (Lipinski definition) is 4. The zero-order chi connectivity index (χ0) is 18.8. The topological polar surface area (TPSA) is 41.6 Å². The summed E-state index contributed by atoms with van der Waals surface area (Å²) < 4.78 is 5.26. The minimum atomic E-state index is 0.119. The average Bonchev–Trinajstić information content (AvgIpc) is 3.27. The van der Waals surface area contributed by atoms with E-state index in [0.717, 1.165) is 18.7 Å². The fourth-order valence-electron chi connectivity index (χ4n) is 4.09. The first-order valence-corrected chi connectivity index (χ1v) is 10.7. The van der Waals surface area contributed by atoms with E-state index >= 15 is 0 Å². The molecule has 2 fully saturated rings. The summed E-state index contributed by atoms with van der Waals surface area (Å²) in [6, 6.07) is 13.0. The molecule has 27 heavy (non-hydrogen) atoms. The highest BCUT2D eigenvalue weighted by atomic mass is 32.1. The van der Waals surface area contributed by atoms with Gasteiger partial charge in [-0.2, -0.15) is 0 Å². The van der Waals surface area contributed by atoms with E-state index in [-0.39, 0.29) is 11.9 Å². The van der Waals surface area contributed by atoms with Crippen molar-refractivity contribution in [3.63, 3.8) is 0 Å². The van der Waals surface area contributed by atoms with Gasteiger partial charge in [0.2, 0.25) is 5.91 Å². The number of likely N-dealkylation sites (tertiary alicyclic amines) is 1. The first-order valence-electron chi connectivity index (χ1n) is 9.88. The second-order valence-corrected chi connectivity index (χ2v) is 9.05. The van der Waals surface area contributed by atoms with Gasteiger partial charge in [-0.3, -0.25) is 9.69 Å². The number of amides is 1. The third kappa shape index (κ3) is 4.36. The Morgan fingerprint density at radius 1 is 1.22 bits per heavy atom. The van der Waals surface area contributed by atoms with Crippen molar-refractivity contribution in [2.75, 3.05) is 20.2 Å². The molecule has 0 bridgehead atoms. The lowest BCUT2D eigenvalue weighted by Gasteiger charge is -2.25. The second-order valence-electron chi connectivity index (χ2n) is 7.73. The molecule has 2 aliphatic rings. The van der Waals surface area contributed by atoms with Crippen LogP contribution in [0.1, 0.15) is 53.1 Å². The molecule has 144 valence electrons. The molecule has 2 heterocycles. The summed E-state index contributed by atoms with van der Waals surface area (Å²) in [4.78, 5) is 17.9. The highest BCUT2D eigenvalue weighted by molar-refractivity contribution is 7.12. The van der Waals surface area contributed by atoms with Gasteiger partial charge in [0.1, 0.15) is 5.75 Å². The van der Waals surface area contributed by atoms with Crippen LogP contribution >= 0.6 is 11.3 Å². The molecule has 0 radical (unpaired) electrons. The van der Waals surface area contributed by atoms with Crippen molar-refractivity contribution in [1.29, 1.82) is 0 Å². The lowest BCUT2D eigenvalue weighted by atomic mass is 10.0. The molecule has 1 aromatic carbocycles. The molecule has 2 aromatic rings. The molecule has 2 unspecified atom stereocenters. The molecule has 0 spiro atoms. The number of nitrogens with one attached hydrogen (secondary N) is 1. The number of hydrogen-bond donors (Lipinski definition) is 1. The summed E-state index contributed by atoms with van der Waals surface area (Å²) in [5.41, 5.74) is 1.18. The van der Waals surface area contributed by atoms with Crippen LogP contribution in [0.15, 0.2) is 36.4 Å². The van der Waals surface area contributed by atoms with E-state index in [0.29, 0.717) is 18.5 Å². The smallest absolute Gasteiger partial charge is 0.234 e. The minimum Gasteiger partial charge on any atom is -0.497 e. The predicted octanol–water partition coefficient (Wildman–Crippen LogP) is 4.47. The monoisotopic (exact) mass is 384 g/mol. The molecular formula is C22H28N2O2S. The van der Waals surface area contributed by atoms with Gasteiger partial charge in [-0.25, -0.2) is 0 Å². The van der Waals surface area contributed by atoms with Gasteiger partial charge in [0.05, 0.1) is 19.7 Å². The standard InChI is InChI=1S/C22H28N2O2S/c1-15-5-12-20(27-15)19-4-3-13-24(19)14-21(25)23-22(16-6-7-16)17-8-10-18(26-2)11-9-17/h5,8-12,16,19,22H,3-4,6-7,13-14H2,1-2H3,(H,23,25). The van der Waals surface area contributed by atoms with Crippen molar-refractivity contribution in [3.05, 3.63) is 51.7 Å². The van der Waals surface area contributed by atoms with Gasteiger partial charge in [-0.1, -0.05) is 12.1 Å². The molecule has 2 atom stereocenters. The Bertz CT molecular complexity index is 782.